The Balaban J connectivity index is 1.51. The first kappa shape index (κ1) is 19.3. The molecule has 0 fully saturated rings. The van der Waals surface area contributed by atoms with Gasteiger partial charge in [-0.05, 0) is 34.9 Å². The smallest absolute Gasteiger partial charge is 0.0991 e. The van der Waals surface area contributed by atoms with Crippen LogP contribution in [0.1, 0.15) is 22.4 Å². The quantitative estimate of drug-likeness (QED) is 0.378. The summed E-state index contributed by atoms with van der Waals surface area (Å²) < 4.78 is 2.14. The fraction of sp³-hybridized carbons (Fsp3) is 0.0833. The molecule has 29 heavy (non-hydrogen) atoms. The van der Waals surface area contributed by atoms with E-state index in [0.717, 1.165) is 35.3 Å². The molecule has 1 heterocycles. The van der Waals surface area contributed by atoms with Gasteiger partial charge in [0.2, 0.25) is 0 Å². The predicted octanol–water partition coefficient (Wildman–Crippen LogP) is 6.37. The van der Waals surface area contributed by atoms with E-state index in [2.05, 4.69) is 39.9 Å². The third-order valence-corrected chi connectivity index (χ3v) is 5.66. The summed E-state index contributed by atoms with van der Waals surface area (Å²) in [6.45, 7) is 0.731. The van der Waals surface area contributed by atoms with E-state index >= 15 is 0 Å². The second-order valence-corrected chi connectivity index (χ2v) is 7.58. The van der Waals surface area contributed by atoms with Gasteiger partial charge in [-0.15, -0.1) is 0 Å². The SMILES string of the molecule is N#Cc1ccc(Cc2cncn2Cc2ccc(-c3cccc(Cl)c3Cl)cc2)cc1. The van der Waals surface area contributed by atoms with Gasteiger partial charge >= 0.3 is 0 Å². The van der Waals surface area contributed by atoms with Gasteiger partial charge in [0.1, 0.15) is 0 Å². The number of nitrogens with zero attached hydrogens (tertiary/aromatic N) is 3. The molecule has 0 N–H and O–H groups in total. The van der Waals surface area contributed by atoms with Gasteiger partial charge in [-0.3, -0.25) is 0 Å². The Morgan fingerprint density at radius 3 is 2.34 bits per heavy atom. The molecule has 142 valence electrons. The van der Waals surface area contributed by atoms with Crippen molar-refractivity contribution in [2.45, 2.75) is 13.0 Å². The number of imidazole rings is 1. The minimum atomic E-state index is 0.555. The van der Waals surface area contributed by atoms with E-state index in [0.29, 0.717) is 15.6 Å². The van der Waals surface area contributed by atoms with Crippen molar-refractivity contribution in [3.8, 4) is 17.2 Å². The average Bonchev–Trinajstić information content (AvgIpc) is 3.18. The fourth-order valence-electron chi connectivity index (χ4n) is 3.26. The van der Waals surface area contributed by atoms with Gasteiger partial charge in [0.05, 0.1) is 28.0 Å². The molecule has 5 heteroatoms. The van der Waals surface area contributed by atoms with Crippen LogP contribution in [-0.4, -0.2) is 9.55 Å². The minimum absolute atomic E-state index is 0.555. The Kier molecular flexibility index (Phi) is 5.67. The number of hydrogen-bond donors (Lipinski definition) is 0. The summed E-state index contributed by atoms with van der Waals surface area (Å²) in [6, 6.07) is 23.8. The average molecular weight is 418 g/mol. The van der Waals surface area contributed by atoms with Crippen molar-refractivity contribution >= 4 is 23.2 Å². The Bertz CT molecular complexity index is 1170. The van der Waals surface area contributed by atoms with Crippen LogP contribution in [0.4, 0.5) is 0 Å². The summed E-state index contributed by atoms with van der Waals surface area (Å²) in [5.41, 5.74) is 6.07. The Morgan fingerprint density at radius 2 is 1.62 bits per heavy atom. The van der Waals surface area contributed by atoms with Crippen molar-refractivity contribution in [3.05, 3.63) is 112 Å². The third-order valence-electron chi connectivity index (χ3n) is 4.84. The lowest BCUT2D eigenvalue weighted by Crippen LogP contribution is -2.04. The summed E-state index contributed by atoms with van der Waals surface area (Å²) in [5.74, 6) is 0. The van der Waals surface area contributed by atoms with Crippen LogP contribution in [0.25, 0.3) is 11.1 Å². The molecule has 0 aliphatic carbocycles. The highest BCUT2D eigenvalue weighted by Crippen LogP contribution is 2.33. The third kappa shape index (κ3) is 4.35. The van der Waals surface area contributed by atoms with Gasteiger partial charge in [-0.2, -0.15) is 5.26 Å². The zero-order chi connectivity index (χ0) is 20.2. The van der Waals surface area contributed by atoms with E-state index in [4.69, 9.17) is 28.5 Å². The number of hydrogen-bond acceptors (Lipinski definition) is 2. The molecular weight excluding hydrogens is 401 g/mol. The summed E-state index contributed by atoms with van der Waals surface area (Å²) >= 11 is 12.5. The van der Waals surface area contributed by atoms with Crippen LogP contribution < -0.4 is 0 Å². The lowest BCUT2D eigenvalue weighted by molar-refractivity contribution is 0.753. The first-order valence-electron chi connectivity index (χ1n) is 9.15. The predicted molar refractivity (Wildman–Crippen MR) is 117 cm³/mol. The lowest BCUT2D eigenvalue weighted by atomic mass is 10.0. The molecule has 1 aromatic heterocycles. The van der Waals surface area contributed by atoms with Crippen LogP contribution in [0.5, 0.6) is 0 Å². The largest absolute Gasteiger partial charge is 0.330 e. The zero-order valence-corrected chi connectivity index (χ0v) is 17.0. The van der Waals surface area contributed by atoms with Crippen molar-refractivity contribution in [2.75, 3.05) is 0 Å². The van der Waals surface area contributed by atoms with Crippen LogP contribution in [0.2, 0.25) is 10.0 Å². The normalized spacial score (nSPS) is 10.7. The van der Waals surface area contributed by atoms with Crippen molar-refractivity contribution in [1.82, 2.24) is 9.55 Å². The van der Waals surface area contributed by atoms with Crippen LogP contribution in [0, 0.1) is 11.3 Å². The second-order valence-electron chi connectivity index (χ2n) is 6.80. The maximum absolute atomic E-state index is 8.94. The van der Waals surface area contributed by atoms with Gasteiger partial charge in [0.25, 0.3) is 0 Å². The maximum atomic E-state index is 8.94. The van der Waals surface area contributed by atoms with E-state index in [-0.39, 0.29) is 0 Å². The fourth-order valence-corrected chi connectivity index (χ4v) is 3.67. The van der Waals surface area contributed by atoms with Crippen molar-refractivity contribution in [2.24, 2.45) is 0 Å². The van der Waals surface area contributed by atoms with E-state index in [1.165, 1.54) is 5.56 Å². The minimum Gasteiger partial charge on any atom is -0.330 e. The summed E-state index contributed by atoms with van der Waals surface area (Å²) in [7, 11) is 0. The molecular formula is C24H17Cl2N3. The van der Waals surface area contributed by atoms with E-state index < -0.39 is 0 Å². The van der Waals surface area contributed by atoms with Gasteiger partial charge in [-0.1, -0.05) is 71.7 Å². The van der Waals surface area contributed by atoms with Gasteiger partial charge in [0.15, 0.2) is 0 Å². The molecule has 4 rings (SSSR count). The zero-order valence-electron chi connectivity index (χ0n) is 15.5. The molecule has 0 saturated carbocycles. The number of nitriles is 1. The standard InChI is InChI=1S/C24H17Cl2N3/c25-23-3-1-2-22(24(23)26)20-10-8-19(9-11-20)15-29-16-28-14-21(29)12-17-4-6-18(13-27)7-5-17/h1-11,14,16H,12,15H2. The van der Waals surface area contributed by atoms with Crippen molar-refractivity contribution in [1.29, 1.82) is 5.26 Å². The van der Waals surface area contributed by atoms with Crippen LogP contribution in [0.15, 0.2) is 79.3 Å². The molecule has 0 atom stereocenters. The highest BCUT2D eigenvalue weighted by Gasteiger charge is 2.08. The first-order chi connectivity index (χ1) is 14.1. The van der Waals surface area contributed by atoms with E-state index in [9.17, 15) is 0 Å². The summed E-state index contributed by atoms with van der Waals surface area (Å²) in [5, 5.41) is 10.1. The van der Waals surface area contributed by atoms with Crippen molar-refractivity contribution in [3.63, 3.8) is 0 Å². The van der Waals surface area contributed by atoms with E-state index in [1.807, 2.05) is 48.9 Å². The topological polar surface area (TPSA) is 41.6 Å². The Labute approximate surface area is 179 Å². The molecule has 0 saturated heterocycles. The van der Waals surface area contributed by atoms with Gasteiger partial charge in [-0.25, -0.2) is 4.98 Å². The second kappa shape index (κ2) is 8.53. The number of benzene rings is 3. The molecule has 0 bridgehead atoms. The van der Waals surface area contributed by atoms with Crippen LogP contribution >= 0.6 is 23.2 Å². The molecule has 4 aromatic rings. The molecule has 0 unspecified atom stereocenters. The number of rotatable bonds is 5. The van der Waals surface area contributed by atoms with Crippen LogP contribution in [-0.2, 0) is 13.0 Å². The van der Waals surface area contributed by atoms with Gasteiger partial charge in [0, 0.05) is 30.4 Å². The number of aromatic nitrogens is 2. The highest BCUT2D eigenvalue weighted by molar-refractivity contribution is 6.43. The van der Waals surface area contributed by atoms with Crippen LogP contribution in [0.3, 0.4) is 0 Å². The molecule has 0 amide bonds. The monoisotopic (exact) mass is 417 g/mol. The summed E-state index contributed by atoms with van der Waals surface area (Å²) in [6.07, 6.45) is 4.50. The Hall–Kier alpha value is -3.06. The molecule has 0 aliphatic rings. The van der Waals surface area contributed by atoms with Crippen molar-refractivity contribution < 1.29 is 0 Å². The highest BCUT2D eigenvalue weighted by atomic mass is 35.5. The van der Waals surface area contributed by atoms with E-state index in [1.54, 1.807) is 6.07 Å². The molecule has 0 aliphatic heterocycles. The lowest BCUT2D eigenvalue weighted by Gasteiger charge is -2.10. The maximum Gasteiger partial charge on any atom is 0.0991 e. The molecule has 3 nitrogen and oxygen atoms in total. The summed E-state index contributed by atoms with van der Waals surface area (Å²) in [4.78, 5) is 4.31. The first-order valence-corrected chi connectivity index (χ1v) is 9.91. The molecule has 0 radical (unpaired) electrons. The van der Waals surface area contributed by atoms with Gasteiger partial charge < -0.3 is 4.57 Å². The molecule has 0 spiro atoms. The number of halogens is 2. The molecule has 3 aromatic carbocycles. The Morgan fingerprint density at radius 1 is 0.897 bits per heavy atom.